The second kappa shape index (κ2) is 8.20. The zero-order chi connectivity index (χ0) is 14.3. The van der Waals surface area contributed by atoms with Gasteiger partial charge in [0, 0.05) is 18.1 Å². The monoisotopic (exact) mass is 271 g/mol. The molecule has 0 bridgehead atoms. The van der Waals surface area contributed by atoms with E-state index < -0.39 is 0 Å². The van der Waals surface area contributed by atoms with Gasteiger partial charge in [0.15, 0.2) is 0 Å². The maximum atomic E-state index is 9.35. The number of nitrogens with zero attached hydrogens (tertiary/aromatic N) is 2. The summed E-state index contributed by atoms with van der Waals surface area (Å²) in [6.45, 7) is 5.59. The molecule has 19 heavy (non-hydrogen) atoms. The van der Waals surface area contributed by atoms with Gasteiger partial charge in [-0.05, 0) is 66.3 Å². The number of hydrogen-bond acceptors (Lipinski definition) is 4. The fourth-order valence-corrected chi connectivity index (χ4v) is 2.90. The van der Waals surface area contributed by atoms with Gasteiger partial charge in [-0.2, -0.15) is 0 Å². The van der Waals surface area contributed by atoms with Gasteiger partial charge in [0.05, 0.1) is 6.61 Å². The minimum Gasteiger partial charge on any atom is -0.395 e. The fourth-order valence-electron chi connectivity index (χ4n) is 2.90. The summed E-state index contributed by atoms with van der Waals surface area (Å²) in [5, 5.41) is 12.8. The molecule has 1 aliphatic rings. The molecule has 2 N–H and O–H groups in total. The van der Waals surface area contributed by atoms with Crippen molar-refractivity contribution in [1.82, 2.24) is 15.1 Å². The van der Waals surface area contributed by atoms with Gasteiger partial charge < -0.3 is 20.2 Å². The van der Waals surface area contributed by atoms with Crippen LogP contribution in [0.4, 0.5) is 0 Å². The van der Waals surface area contributed by atoms with Crippen molar-refractivity contribution in [1.29, 1.82) is 0 Å². The Morgan fingerprint density at radius 2 is 1.95 bits per heavy atom. The van der Waals surface area contributed by atoms with Crippen LogP contribution in [-0.4, -0.2) is 73.9 Å². The topological polar surface area (TPSA) is 38.7 Å². The van der Waals surface area contributed by atoms with Gasteiger partial charge in [-0.25, -0.2) is 0 Å². The van der Waals surface area contributed by atoms with E-state index in [4.69, 9.17) is 0 Å². The highest BCUT2D eigenvalue weighted by molar-refractivity contribution is 4.97. The lowest BCUT2D eigenvalue weighted by atomic mass is 9.75. The third-order valence-electron chi connectivity index (χ3n) is 4.56. The van der Waals surface area contributed by atoms with Crippen LogP contribution in [-0.2, 0) is 0 Å². The van der Waals surface area contributed by atoms with Crippen molar-refractivity contribution in [2.24, 2.45) is 0 Å². The molecule has 0 aliphatic heterocycles. The molecule has 1 saturated carbocycles. The van der Waals surface area contributed by atoms with Gasteiger partial charge in [0.2, 0.25) is 0 Å². The predicted molar refractivity (Wildman–Crippen MR) is 81.6 cm³/mol. The van der Waals surface area contributed by atoms with Crippen LogP contribution in [0.5, 0.6) is 0 Å². The van der Waals surface area contributed by atoms with Gasteiger partial charge >= 0.3 is 0 Å². The molecule has 0 heterocycles. The van der Waals surface area contributed by atoms with E-state index in [9.17, 15) is 5.11 Å². The lowest BCUT2D eigenvalue weighted by Gasteiger charge is -2.49. The summed E-state index contributed by atoms with van der Waals surface area (Å²) in [5.74, 6) is 0. The molecule has 114 valence electrons. The highest BCUT2D eigenvalue weighted by Gasteiger charge is 2.39. The highest BCUT2D eigenvalue weighted by atomic mass is 16.3. The van der Waals surface area contributed by atoms with E-state index in [0.29, 0.717) is 5.54 Å². The van der Waals surface area contributed by atoms with Gasteiger partial charge in [-0.15, -0.1) is 0 Å². The Hall–Kier alpha value is -0.160. The largest absolute Gasteiger partial charge is 0.395 e. The molecule has 0 aromatic heterocycles. The Balaban J connectivity index is 2.28. The molecule has 0 aromatic rings. The number of nitrogens with one attached hydrogen (secondary N) is 1. The summed E-state index contributed by atoms with van der Waals surface area (Å²) >= 11 is 0. The molecule has 0 amide bonds. The van der Waals surface area contributed by atoms with E-state index in [2.05, 4.69) is 43.2 Å². The zero-order valence-electron chi connectivity index (χ0n) is 13.3. The second-order valence-corrected chi connectivity index (χ2v) is 6.33. The normalized spacial score (nSPS) is 19.7. The van der Waals surface area contributed by atoms with Crippen molar-refractivity contribution >= 4 is 0 Å². The first-order valence-electron chi connectivity index (χ1n) is 7.74. The van der Waals surface area contributed by atoms with Crippen LogP contribution >= 0.6 is 0 Å². The highest BCUT2D eigenvalue weighted by Crippen LogP contribution is 2.36. The second-order valence-electron chi connectivity index (χ2n) is 6.33. The SMILES string of the molecule is CCCNC(CO)CCN(C)CC1(N(C)C)CCC1. The smallest absolute Gasteiger partial charge is 0.0585 e. The summed E-state index contributed by atoms with van der Waals surface area (Å²) in [5.41, 5.74) is 0.403. The van der Waals surface area contributed by atoms with Crippen LogP contribution in [0.3, 0.4) is 0 Å². The molecule has 4 heteroatoms. The molecule has 4 nitrogen and oxygen atoms in total. The number of rotatable bonds is 10. The minimum atomic E-state index is 0.243. The maximum Gasteiger partial charge on any atom is 0.0585 e. The van der Waals surface area contributed by atoms with E-state index in [1.54, 1.807) is 0 Å². The molecular weight excluding hydrogens is 238 g/mol. The number of aliphatic hydroxyl groups is 1. The van der Waals surface area contributed by atoms with Crippen LogP contribution in [0.1, 0.15) is 39.0 Å². The van der Waals surface area contributed by atoms with Crippen LogP contribution in [0.25, 0.3) is 0 Å². The summed E-state index contributed by atoms with van der Waals surface area (Å²) in [6.07, 6.45) is 6.15. The lowest BCUT2D eigenvalue weighted by molar-refractivity contribution is 0.0265. The molecule has 1 rings (SSSR count). The van der Waals surface area contributed by atoms with Crippen LogP contribution in [0, 0.1) is 0 Å². The molecule has 0 aromatic carbocycles. The minimum absolute atomic E-state index is 0.243. The van der Waals surface area contributed by atoms with Crippen LogP contribution in [0.15, 0.2) is 0 Å². The predicted octanol–water partition coefficient (Wildman–Crippen LogP) is 1.15. The average Bonchev–Trinajstić information content (AvgIpc) is 2.33. The lowest BCUT2D eigenvalue weighted by Crippen LogP contribution is -2.57. The fraction of sp³-hybridized carbons (Fsp3) is 1.00. The van der Waals surface area contributed by atoms with E-state index >= 15 is 0 Å². The van der Waals surface area contributed by atoms with E-state index in [-0.39, 0.29) is 12.6 Å². The van der Waals surface area contributed by atoms with Crippen molar-refractivity contribution < 1.29 is 5.11 Å². The van der Waals surface area contributed by atoms with E-state index in [1.165, 1.54) is 19.3 Å². The zero-order valence-corrected chi connectivity index (χ0v) is 13.3. The molecule has 0 radical (unpaired) electrons. The number of aliphatic hydroxyl groups excluding tert-OH is 1. The van der Waals surface area contributed by atoms with Crippen molar-refractivity contribution in [2.75, 3.05) is 47.4 Å². The number of hydrogen-bond donors (Lipinski definition) is 2. The van der Waals surface area contributed by atoms with E-state index in [1.807, 2.05) is 0 Å². The van der Waals surface area contributed by atoms with Crippen molar-refractivity contribution in [2.45, 2.75) is 50.6 Å². The van der Waals surface area contributed by atoms with Crippen LogP contribution in [0.2, 0.25) is 0 Å². The van der Waals surface area contributed by atoms with Gasteiger partial charge in [-0.3, -0.25) is 0 Å². The standard InChI is InChI=1S/C15H33N3O/c1-5-10-16-14(12-19)7-11-18(4)13-15(17(2)3)8-6-9-15/h14,16,19H,5-13H2,1-4H3. The molecule has 1 atom stereocenters. The van der Waals surface area contributed by atoms with Crippen molar-refractivity contribution in [3.05, 3.63) is 0 Å². The van der Waals surface area contributed by atoms with E-state index in [0.717, 1.165) is 32.5 Å². The summed E-state index contributed by atoms with van der Waals surface area (Å²) in [6, 6.07) is 0.249. The first-order chi connectivity index (χ1) is 9.04. The molecule has 1 aliphatic carbocycles. The molecule has 1 fully saturated rings. The third-order valence-corrected chi connectivity index (χ3v) is 4.56. The molecule has 1 unspecified atom stereocenters. The first kappa shape index (κ1) is 16.9. The van der Waals surface area contributed by atoms with Crippen LogP contribution < -0.4 is 5.32 Å². The summed E-state index contributed by atoms with van der Waals surface area (Å²) < 4.78 is 0. The number of likely N-dealkylation sites (N-methyl/N-ethyl adjacent to an activating group) is 2. The van der Waals surface area contributed by atoms with Gasteiger partial charge in [0.1, 0.15) is 0 Å². The first-order valence-corrected chi connectivity index (χ1v) is 7.74. The maximum absolute atomic E-state index is 9.35. The summed E-state index contributed by atoms with van der Waals surface area (Å²) in [7, 11) is 6.61. The Kier molecular flexibility index (Phi) is 7.29. The van der Waals surface area contributed by atoms with Gasteiger partial charge in [0.25, 0.3) is 0 Å². The molecule has 0 spiro atoms. The Morgan fingerprint density at radius 3 is 2.37 bits per heavy atom. The third kappa shape index (κ3) is 5.03. The Bertz CT molecular complexity index is 242. The Labute approximate surface area is 119 Å². The quantitative estimate of drug-likeness (QED) is 0.625. The van der Waals surface area contributed by atoms with Crippen molar-refractivity contribution in [3.8, 4) is 0 Å². The van der Waals surface area contributed by atoms with Gasteiger partial charge in [-0.1, -0.05) is 6.92 Å². The van der Waals surface area contributed by atoms with Crippen molar-refractivity contribution in [3.63, 3.8) is 0 Å². The average molecular weight is 271 g/mol. The Morgan fingerprint density at radius 1 is 1.26 bits per heavy atom. The molecular formula is C15H33N3O. The molecule has 0 saturated heterocycles. The summed E-state index contributed by atoms with van der Waals surface area (Å²) in [4.78, 5) is 4.82.